The van der Waals surface area contributed by atoms with E-state index in [1.165, 1.54) is 17.0 Å². The maximum absolute atomic E-state index is 13.4. The first-order valence-corrected chi connectivity index (χ1v) is 8.36. The standard InChI is InChI=1S/C17H22FN3O3/c18-12-4-1-5-13(10-12)21-8-2-7-15(16(21)22)20-17(23)19-11-14-6-3-9-24-14/h1,4-5,10,14-15H,2-3,6-9,11H2,(H2,19,20,23)/t14-,15+/m1/s1. The van der Waals surface area contributed by atoms with Gasteiger partial charge in [0.2, 0.25) is 5.91 Å². The number of anilines is 1. The first-order valence-electron chi connectivity index (χ1n) is 8.36. The van der Waals surface area contributed by atoms with Crippen LogP contribution in [0.5, 0.6) is 0 Å². The molecule has 0 radical (unpaired) electrons. The fraction of sp³-hybridized carbons (Fsp3) is 0.529. The van der Waals surface area contributed by atoms with E-state index in [-0.39, 0.29) is 23.9 Å². The molecule has 6 nitrogen and oxygen atoms in total. The lowest BCUT2D eigenvalue weighted by Crippen LogP contribution is -2.55. The number of ether oxygens (including phenoxy) is 1. The van der Waals surface area contributed by atoms with E-state index in [0.29, 0.717) is 25.2 Å². The first kappa shape index (κ1) is 16.7. The Morgan fingerprint density at radius 2 is 2.21 bits per heavy atom. The van der Waals surface area contributed by atoms with Crippen LogP contribution in [0.4, 0.5) is 14.9 Å². The minimum absolute atomic E-state index is 0.0570. The van der Waals surface area contributed by atoms with E-state index in [2.05, 4.69) is 10.6 Å². The Balaban J connectivity index is 1.55. The van der Waals surface area contributed by atoms with E-state index in [1.807, 2.05) is 0 Å². The molecule has 0 spiro atoms. The van der Waals surface area contributed by atoms with Crippen LogP contribution in [0.25, 0.3) is 0 Å². The number of hydrogen-bond donors (Lipinski definition) is 2. The summed E-state index contributed by atoms with van der Waals surface area (Å²) in [4.78, 5) is 26.1. The van der Waals surface area contributed by atoms with Crippen molar-refractivity contribution in [2.75, 3.05) is 24.6 Å². The molecule has 0 aliphatic carbocycles. The molecule has 24 heavy (non-hydrogen) atoms. The maximum atomic E-state index is 13.4. The average molecular weight is 335 g/mol. The molecule has 3 rings (SSSR count). The third-order valence-corrected chi connectivity index (χ3v) is 4.38. The molecule has 2 saturated heterocycles. The second-order valence-electron chi connectivity index (χ2n) is 6.15. The van der Waals surface area contributed by atoms with Crippen molar-refractivity contribution in [3.05, 3.63) is 30.1 Å². The number of rotatable bonds is 4. The Labute approximate surface area is 140 Å². The molecule has 0 aromatic heterocycles. The zero-order valence-corrected chi connectivity index (χ0v) is 13.5. The van der Waals surface area contributed by atoms with Crippen LogP contribution in [0.15, 0.2) is 24.3 Å². The zero-order chi connectivity index (χ0) is 16.9. The lowest BCUT2D eigenvalue weighted by Gasteiger charge is -2.32. The van der Waals surface area contributed by atoms with Gasteiger partial charge in [-0.2, -0.15) is 0 Å². The van der Waals surface area contributed by atoms with Crippen molar-refractivity contribution in [2.45, 2.75) is 37.8 Å². The molecular formula is C17H22FN3O3. The van der Waals surface area contributed by atoms with Gasteiger partial charge in [0.15, 0.2) is 0 Å². The highest BCUT2D eigenvalue weighted by Gasteiger charge is 2.31. The van der Waals surface area contributed by atoms with Crippen molar-refractivity contribution in [3.8, 4) is 0 Å². The molecule has 130 valence electrons. The highest BCUT2D eigenvalue weighted by atomic mass is 19.1. The van der Waals surface area contributed by atoms with E-state index < -0.39 is 6.04 Å². The fourth-order valence-corrected chi connectivity index (χ4v) is 3.13. The molecule has 1 aromatic carbocycles. The summed E-state index contributed by atoms with van der Waals surface area (Å²) < 4.78 is 18.8. The van der Waals surface area contributed by atoms with Crippen LogP contribution < -0.4 is 15.5 Å². The number of urea groups is 1. The summed E-state index contributed by atoms with van der Waals surface area (Å²) >= 11 is 0. The first-order chi connectivity index (χ1) is 11.6. The minimum Gasteiger partial charge on any atom is -0.376 e. The summed E-state index contributed by atoms with van der Waals surface area (Å²) in [6.07, 6.45) is 3.34. The highest BCUT2D eigenvalue weighted by Crippen LogP contribution is 2.21. The van der Waals surface area contributed by atoms with Crippen molar-refractivity contribution >= 4 is 17.6 Å². The summed E-state index contributed by atoms with van der Waals surface area (Å²) in [7, 11) is 0. The Morgan fingerprint density at radius 3 is 2.96 bits per heavy atom. The number of amides is 3. The van der Waals surface area contributed by atoms with Crippen molar-refractivity contribution < 1.29 is 18.7 Å². The van der Waals surface area contributed by atoms with E-state index in [9.17, 15) is 14.0 Å². The van der Waals surface area contributed by atoms with Crippen LogP contribution in [0.1, 0.15) is 25.7 Å². The van der Waals surface area contributed by atoms with E-state index >= 15 is 0 Å². The van der Waals surface area contributed by atoms with Gasteiger partial charge in [-0.3, -0.25) is 4.79 Å². The number of hydrogen-bond acceptors (Lipinski definition) is 3. The van der Waals surface area contributed by atoms with Gasteiger partial charge < -0.3 is 20.3 Å². The van der Waals surface area contributed by atoms with E-state index in [4.69, 9.17) is 4.74 Å². The van der Waals surface area contributed by atoms with E-state index in [1.54, 1.807) is 12.1 Å². The fourth-order valence-electron chi connectivity index (χ4n) is 3.13. The van der Waals surface area contributed by atoms with Gasteiger partial charge in [0, 0.05) is 25.4 Å². The summed E-state index contributed by atoms with van der Waals surface area (Å²) in [5.74, 6) is -0.594. The lowest BCUT2D eigenvalue weighted by molar-refractivity contribution is -0.121. The normalized spacial score (nSPS) is 24.0. The molecule has 1 aromatic rings. The van der Waals surface area contributed by atoms with Gasteiger partial charge in [0.05, 0.1) is 6.10 Å². The quantitative estimate of drug-likeness (QED) is 0.881. The van der Waals surface area contributed by atoms with Crippen LogP contribution in [0.3, 0.4) is 0 Å². The lowest BCUT2D eigenvalue weighted by atomic mass is 10.0. The molecule has 2 aliphatic heterocycles. The molecule has 2 atom stereocenters. The molecule has 2 fully saturated rings. The summed E-state index contributed by atoms with van der Waals surface area (Å²) in [6, 6.07) is 4.98. The Morgan fingerprint density at radius 1 is 1.33 bits per heavy atom. The number of halogens is 1. The van der Waals surface area contributed by atoms with Crippen LogP contribution >= 0.6 is 0 Å². The molecular weight excluding hydrogens is 313 g/mol. The Kier molecular flexibility index (Phi) is 5.30. The highest BCUT2D eigenvalue weighted by molar-refractivity contribution is 5.99. The molecule has 7 heteroatoms. The monoisotopic (exact) mass is 335 g/mol. The van der Waals surface area contributed by atoms with Gasteiger partial charge in [-0.15, -0.1) is 0 Å². The van der Waals surface area contributed by atoms with Gasteiger partial charge in [0.25, 0.3) is 0 Å². The third-order valence-electron chi connectivity index (χ3n) is 4.38. The van der Waals surface area contributed by atoms with Crippen molar-refractivity contribution in [1.29, 1.82) is 0 Å². The van der Waals surface area contributed by atoms with Crippen molar-refractivity contribution in [1.82, 2.24) is 10.6 Å². The third kappa shape index (κ3) is 4.03. The minimum atomic E-state index is -0.591. The number of carbonyl (C=O) groups excluding carboxylic acids is 2. The summed E-state index contributed by atoms with van der Waals surface area (Å²) in [5, 5.41) is 5.47. The SMILES string of the molecule is O=C(NC[C@H]1CCCO1)N[C@H]1CCCN(c2cccc(F)c2)C1=O. The van der Waals surface area contributed by atoms with Crippen LogP contribution in [-0.4, -0.2) is 43.8 Å². The summed E-state index contributed by atoms with van der Waals surface area (Å²) in [6.45, 7) is 1.70. The Hall–Kier alpha value is -2.15. The molecule has 0 unspecified atom stereocenters. The molecule has 2 N–H and O–H groups in total. The number of piperidine rings is 1. The number of carbonyl (C=O) groups is 2. The topological polar surface area (TPSA) is 70.7 Å². The second kappa shape index (κ2) is 7.61. The average Bonchev–Trinajstić information content (AvgIpc) is 3.08. The second-order valence-corrected chi connectivity index (χ2v) is 6.15. The van der Waals surface area contributed by atoms with Crippen LogP contribution in [0.2, 0.25) is 0 Å². The molecule has 0 saturated carbocycles. The van der Waals surface area contributed by atoms with Crippen LogP contribution in [-0.2, 0) is 9.53 Å². The van der Waals surface area contributed by atoms with Crippen molar-refractivity contribution in [3.63, 3.8) is 0 Å². The zero-order valence-electron chi connectivity index (χ0n) is 13.5. The Bertz CT molecular complexity index is 604. The van der Waals surface area contributed by atoms with Gasteiger partial charge in [0.1, 0.15) is 11.9 Å². The number of nitrogens with zero attached hydrogens (tertiary/aromatic N) is 1. The van der Waals surface area contributed by atoms with Gasteiger partial charge in [-0.25, -0.2) is 9.18 Å². The van der Waals surface area contributed by atoms with Gasteiger partial charge >= 0.3 is 6.03 Å². The predicted octanol–water partition coefficient (Wildman–Crippen LogP) is 1.80. The predicted molar refractivity (Wildman–Crippen MR) is 87.3 cm³/mol. The summed E-state index contributed by atoms with van der Waals surface area (Å²) in [5.41, 5.74) is 0.520. The molecule has 3 amide bonds. The molecule has 0 bridgehead atoms. The van der Waals surface area contributed by atoms with Crippen molar-refractivity contribution in [2.24, 2.45) is 0 Å². The van der Waals surface area contributed by atoms with Crippen LogP contribution in [0, 0.1) is 5.82 Å². The van der Waals surface area contributed by atoms with Gasteiger partial charge in [-0.05, 0) is 43.9 Å². The number of nitrogens with one attached hydrogen (secondary N) is 2. The maximum Gasteiger partial charge on any atom is 0.315 e. The van der Waals surface area contributed by atoms with Gasteiger partial charge in [-0.1, -0.05) is 6.07 Å². The van der Waals surface area contributed by atoms with E-state index in [0.717, 1.165) is 25.9 Å². The smallest absolute Gasteiger partial charge is 0.315 e. The number of benzene rings is 1. The molecule has 2 heterocycles. The molecule has 2 aliphatic rings. The largest absolute Gasteiger partial charge is 0.376 e.